The fraction of sp³-hybridized carbons (Fsp3) is 0.222. The monoisotopic (exact) mass is 355 g/mol. The van der Waals surface area contributed by atoms with Crippen molar-refractivity contribution in [2.45, 2.75) is 19.8 Å². The lowest BCUT2D eigenvalue weighted by atomic mass is 10.1. The van der Waals surface area contributed by atoms with Crippen LogP contribution in [0.5, 0.6) is 5.75 Å². The van der Waals surface area contributed by atoms with E-state index in [1.54, 1.807) is 35.9 Å². The summed E-state index contributed by atoms with van der Waals surface area (Å²) in [5.74, 6) is 0.240. The molecule has 1 aromatic heterocycles. The number of rotatable bonds is 6. The Kier molecular flexibility index (Phi) is 5.21. The van der Waals surface area contributed by atoms with E-state index in [9.17, 15) is 9.18 Å². The number of ether oxygens (including phenoxy) is 1. The molecule has 134 valence electrons. The van der Waals surface area contributed by atoms with Crippen molar-refractivity contribution < 1.29 is 13.9 Å². The zero-order valence-corrected chi connectivity index (χ0v) is 14.4. The zero-order chi connectivity index (χ0) is 18.5. The number of methoxy groups -OCH3 is 1. The standard InChI is InChI=1S/C18H18FN5O2/c1-12-21-22-23-24(12)15-5-3-4-14(11-15)20-18(25)9-7-13-6-8-17(26-2)16(19)10-13/h3-6,8,10-11H,7,9H2,1-2H3,(H,20,25). The van der Waals surface area contributed by atoms with E-state index < -0.39 is 5.82 Å². The summed E-state index contributed by atoms with van der Waals surface area (Å²) in [6.45, 7) is 1.79. The molecule has 0 saturated heterocycles. The number of aromatic nitrogens is 4. The molecule has 0 spiro atoms. The summed E-state index contributed by atoms with van der Waals surface area (Å²) in [5, 5.41) is 14.2. The van der Waals surface area contributed by atoms with Crippen molar-refractivity contribution in [2.24, 2.45) is 0 Å². The fourth-order valence-corrected chi connectivity index (χ4v) is 2.53. The van der Waals surface area contributed by atoms with E-state index >= 15 is 0 Å². The summed E-state index contributed by atoms with van der Waals surface area (Å²) in [5.41, 5.74) is 2.13. The third-order valence-corrected chi connectivity index (χ3v) is 3.86. The minimum absolute atomic E-state index is 0.160. The number of benzene rings is 2. The first kappa shape index (κ1) is 17.5. The van der Waals surface area contributed by atoms with E-state index in [0.29, 0.717) is 17.9 Å². The molecule has 0 atom stereocenters. The highest BCUT2D eigenvalue weighted by molar-refractivity contribution is 5.91. The van der Waals surface area contributed by atoms with Gasteiger partial charge in [-0.25, -0.2) is 4.39 Å². The lowest BCUT2D eigenvalue weighted by Crippen LogP contribution is -2.13. The van der Waals surface area contributed by atoms with Crippen LogP contribution in [-0.4, -0.2) is 33.2 Å². The van der Waals surface area contributed by atoms with Crippen molar-refractivity contribution in [3.05, 3.63) is 59.7 Å². The Labute approximate surface area is 149 Å². The Morgan fingerprint density at radius 1 is 1.27 bits per heavy atom. The number of aryl methyl sites for hydroxylation is 2. The number of hydrogen-bond donors (Lipinski definition) is 1. The van der Waals surface area contributed by atoms with E-state index in [4.69, 9.17) is 4.74 Å². The lowest BCUT2D eigenvalue weighted by molar-refractivity contribution is -0.116. The lowest BCUT2D eigenvalue weighted by Gasteiger charge is -2.08. The minimum atomic E-state index is -0.435. The Hall–Kier alpha value is -3.29. The van der Waals surface area contributed by atoms with Gasteiger partial charge in [0.15, 0.2) is 17.4 Å². The smallest absolute Gasteiger partial charge is 0.224 e. The first-order chi connectivity index (χ1) is 12.6. The second kappa shape index (κ2) is 7.73. The van der Waals surface area contributed by atoms with Crippen molar-refractivity contribution in [1.29, 1.82) is 0 Å². The predicted octanol–water partition coefficient (Wildman–Crippen LogP) is 2.69. The van der Waals surface area contributed by atoms with Gasteiger partial charge in [-0.05, 0) is 59.7 Å². The van der Waals surface area contributed by atoms with Gasteiger partial charge in [-0.3, -0.25) is 4.79 Å². The molecule has 8 heteroatoms. The van der Waals surface area contributed by atoms with Gasteiger partial charge in [0.05, 0.1) is 12.8 Å². The van der Waals surface area contributed by atoms with Gasteiger partial charge < -0.3 is 10.1 Å². The normalized spacial score (nSPS) is 10.6. The van der Waals surface area contributed by atoms with Gasteiger partial charge in [0.1, 0.15) is 0 Å². The van der Waals surface area contributed by atoms with Gasteiger partial charge in [-0.1, -0.05) is 12.1 Å². The Bertz CT molecular complexity index is 925. The summed E-state index contributed by atoms with van der Waals surface area (Å²) < 4.78 is 20.2. The van der Waals surface area contributed by atoms with Gasteiger partial charge in [-0.15, -0.1) is 5.10 Å². The average molecular weight is 355 g/mol. The van der Waals surface area contributed by atoms with Crippen molar-refractivity contribution in [3.63, 3.8) is 0 Å². The fourth-order valence-electron chi connectivity index (χ4n) is 2.53. The van der Waals surface area contributed by atoms with Gasteiger partial charge in [-0.2, -0.15) is 4.68 Å². The second-order valence-electron chi connectivity index (χ2n) is 5.71. The topological polar surface area (TPSA) is 81.9 Å². The maximum atomic E-state index is 13.7. The molecule has 0 aliphatic carbocycles. The SMILES string of the molecule is COc1ccc(CCC(=O)Nc2cccc(-n3nnnc3C)c2)cc1F. The van der Waals surface area contributed by atoms with Crippen LogP contribution >= 0.6 is 0 Å². The summed E-state index contributed by atoms with van der Waals surface area (Å²) in [7, 11) is 1.41. The van der Waals surface area contributed by atoms with Crippen LogP contribution < -0.4 is 10.1 Å². The molecule has 0 saturated carbocycles. The maximum absolute atomic E-state index is 13.7. The van der Waals surface area contributed by atoms with E-state index in [-0.39, 0.29) is 18.1 Å². The molecule has 3 rings (SSSR count). The molecule has 0 aliphatic heterocycles. The number of nitrogens with zero attached hydrogens (tertiary/aromatic N) is 4. The average Bonchev–Trinajstić information content (AvgIpc) is 3.06. The van der Waals surface area contributed by atoms with Crippen molar-refractivity contribution in [3.8, 4) is 11.4 Å². The van der Waals surface area contributed by atoms with Gasteiger partial charge in [0.2, 0.25) is 5.91 Å². The molecule has 0 aliphatic rings. The van der Waals surface area contributed by atoms with Gasteiger partial charge in [0.25, 0.3) is 0 Å². The molecule has 1 amide bonds. The first-order valence-electron chi connectivity index (χ1n) is 8.04. The van der Waals surface area contributed by atoms with Crippen LogP contribution in [0.1, 0.15) is 17.8 Å². The maximum Gasteiger partial charge on any atom is 0.224 e. The van der Waals surface area contributed by atoms with E-state index in [1.165, 1.54) is 13.2 Å². The number of anilines is 1. The third-order valence-electron chi connectivity index (χ3n) is 3.86. The van der Waals surface area contributed by atoms with Crippen LogP contribution in [0.4, 0.5) is 10.1 Å². The summed E-state index contributed by atoms with van der Waals surface area (Å²) in [6, 6.07) is 11.9. The highest BCUT2D eigenvalue weighted by Gasteiger charge is 2.08. The van der Waals surface area contributed by atoms with E-state index in [0.717, 1.165) is 11.3 Å². The van der Waals surface area contributed by atoms with Crippen molar-refractivity contribution in [1.82, 2.24) is 20.2 Å². The Morgan fingerprint density at radius 3 is 2.81 bits per heavy atom. The van der Waals surface area contributed by atoms with Crippen molar-refractivity contribution in [2.75, 3.05) is 12.4 Å². The Balaban J connectivity index is 1.62. The zero-order valence-electron chi connectivity index (χ0n) is 14.4. The molecule has 7 nitrogen and oxygen atoms in total. The van der Waals surface area contributed by atoms with E-state index in [1.807, 2.05) is 12.1 Å². The second-order valence-corrected chi connectivity index (χ2v) is 5.71. The number of tetrazole rings is 1. The third kappa shape index (κ3) is 4.02. The van der Waals surface area contributed by atoms with Crippen LogP contribution in [0.3, 0.4) is 0 Å². The highest BCUT2D eigenvalue weighted by atomic mass is 19.1. The van der Waals surface area contributed by atoms with Gasteiger partial charge in [0, 0.05) is 12.1 Å². The van der Waals surface area contributed by atoms with Crippen molar-refractivity contribution >= 4 is 11.6 Å². The number of nitrogens with one attached hydrogen (secondary N) is 1. The van der Waals surface area contributed by atoms with Crippen LogP contribution in [0, 0.1) is 12.7 Å². The highest BCUT2D eigenvalue weighted by Crippen LogP contribution is 2.19. The number of halogens is 1. The predicted molar refractivity (Wildman–Crippen MR) is 93.8 cm³/mol. The molecule has 26 heavy (non-hydrogen) atoms. The number of carbonyl (C=O) groups excluding carboxylic acids is 1. The van der Waals surface area contributed by atoms with Crippen LogP contribution in [-0.2, 0) is 11.2 Å². The quantitative estimate of drug-likeness (QED) is 0.735. The molecule has 0 bridgehead atoms. The van der Waals surface area contributed by atoms with Crippen LogP contribution in [0.15, 0.2) is 42.5 Å². The number of carbonyl (C=O) groups is 1. The number of amides is 1. The summed E-state index contributed by atoms with van der Waals surface area (Å²) in [6.07, 6.45) is 0.665. The molecular weight excluding hydrogens is 337 g/mol. The van der Waals surface area contributed by atoms with E-state index in [2.05, 4.69) is 20.8 Å². The molecule has 0 fully saturated rings. The van der Waals surface area contributed by atoms with Crippen LogP contribution in [0.2, 0.25) is 0 Å². The molecule has 0 radical (unpaired) electrons. The molecule has 1 heterocycles. The summed E-state index contributed by atoms with van der Waals surface area (Å²) in [4.78, 5) is 12.2. The molecule has 0 unspecified atom stereocenters. The Morgan fingerprint density at radius 2 is 2.12 bits per heavy atom. The number of hydrogen-bond acceptors (Lipinski definition) is 5. The molecule has 2 aromatic carbocycles. The molecular formula is C18H18FN5O2. The van der Waals surface area contributed by atoms with Gasteiger partial charge >= 0.3 is 0 Å². The first-order valence-corrected chi connectivity index (χ1v) is 8.04. The largest absolute Gasteiger partial charge is 0.494 e. The summed E-state index contributed by atoms with van der Waals surface area (Å²) >= 11 is 0. The minimum Gasteiger partial charge on any atom is -0.494 e. The molecule has 3 aromatic rings. The molecule has 1 N–H and O–H groups in total. The van der Waals surface area contributed by atoms with Crippen LogP contribution in [0.25, 0.3) is 5.69 Å².